The van der Waals surface area contributed by atoms with Gasteiger partial charge in [0.25, 0.3) is 0 Å². The van der Waals surface area contributed by atoms with Crippen LogP contribution in [0.2, 0.25) is 0 Å². The number of esters is 2. The predicted octanol–water partition coefficient (Wildman–Crippen LogP) is 15.6. The lowest BCUT2D eigenvalue weighted by Crippen LogP contribution is -2.28. The zero-order chi connectivity index (χ0) is 49.0. The van der Waals surface area contributed by atoms with Crippen molar-refractivity contribution in [2.75, 3.05) is 26.4 Å². The SMILES string of the molecule is CC/C=C\C/C=C\C/C=C\C/C=C\CCCCCCCCCCC(=O)OC(CO)COP(=O)(O)OCC(CO)OC(=O)CCCCCCCCCCCCC/C=C\C/C=C\CCCCCCC. The maximum Gasteiger partial charge on any atom is 0.472 e. The predicted molar refractivity (Wildman–Crippen MR) is 279 cm³/mol. The van der Waals surface area contributed by atoms with Gasteiger partial charge in [-0.1, -0.05) is 209 Å². The molecule has 0 aliphatic carbocycles. The zero-order valence-corrected chi connectivity index (χ0v) is 43.5. The highest BCUT2D eigenvalue weighted by Crippen LogP contribution is 2.43. The molecule has 3 atom stereocenters. The lowest BCUT2D eigenvalue weighted by atomic mass is 10.0. The van der Waals surface area contributed by atoms with E-state index < -0.39 is 58.4 Å². The second kappa shape index (κ2) is 51.3. The van der Waals surface area contributed by atoms with Crippen molar-refractivity contribution in [3.05, 3.63) is 72.9 Å². The summed E-state index contributed by atoms with van der Waals surface area (Å²) in [5.41, 5.74) is 0. The minimum Gasteiger partial charge on any atom is -0.457 e. The second-order valence-electron chi connectivity index (χ2n) is 17.8. The molecule has 3 unspecified atom stereocenters. The van der Waals surface area contributed by atoms with Gasteiger partial charge in [0.1, 0.15) is 12.2 Å². The number of phosphoric acid groups is 1. The van der Waals surface area contributed by atoms with Crippen molar-refractivity contribution in [3.8, 4) is 0 Å². The third-order valence-corrected chi connectivity index (χ3v) is 12.4. The quantitative estimate of drug-likeness (QED) is 0.0233. The first-order valence-corrected chi connectivity index (χ1v) is 28.4. The number of hydrogen-bond donors (Lipinski definition) is 3. The fourth-order valence-electron chi connectivity index (χ4n) is 7.31. The van der Waals surface area contributed by atoms with Gasteiger partial charge in [-0.15, -0.1) is 0 Å². The summed E-state index contributed by atoms with van der Waals surface area (Å²) in [5.74, 6) is -1.03. The molecule has 0 aromatic carbocycles. The summed E-state index contributed by atoms with van der Waals surface area (Å²) in [4.78, 5) is 34.8. The number of rotatable bonds is 50. The van der Waals surface area contributed by atoms with Crippen LogP contribution in [-0.2, 0) is 32.7 Å². The van der Waals surface area contributed by atoms with Gasteiger partial charge in [-0.05, 0) is 83.5 Å². The van der Waals surface area contributed by atoms with E-state index in [9.17, 15) is 29.3 Å². The van der Waals surface area contributed by atoms with Crippen molar-refractivity contribution >= 4 is 19.8 Å². The van der Waals surface area contributed by atoms with E-state index in [0.29, 0.717) is 12.8 Å². The average molecular weight is 963 g/mol. The standard InChI is InChI=1S/C56H99O10P/c1-3-5-7-9-11-13-15-17-19-21-23-25-26-28-30-32-34-36-38-40-42-44-46-48-56(60)66-54(50-58)52-64-67(61,62)63-51-53(49-57)65-55(59)47-45-43-41-39-37-35-33-31-29-27-24-22-20-18-16-14-12-10-8-6-4-2/h6,8,12,14-15,17-18,20-21,23-24,27,53-54,57-58H,3-5,7,9-11,13,16,19,22,25-26,28-52H2,1-2H3,(H,61,62)/b8-6-,14-12-,17-15-,20-18-,23-21-,27-24-. The van der Waals surface area contributed by atoms with Crippen LogP contribution in [0.1, 0.15) is 232 Å². The summed E-state index contributed by atoms with van der Waals surface area (Å²) >= 11 is 0. The van der Waals surface area contributed by atoms with E-state index in [1.807, 2.05) is 0 Å². The molecule has 0 amide bonds. The van der Waals surface area contributed by atoms with Crippen LogP contribution in [0.25, 0.3) is 0 Å². The highest BCUT2D eigenvalue weighted by Gasteiger charge is 2.27. The number of allylic oxidation sites excluding steroid dienone is 12. The van der Waals surface area contributed by atoms with Crippen LogP contribution in [0.4, 0.5) is 0 Å². The molecule has 0 aliphatic heterocycles. The molecule has 0 aromatic rings. The number of carbonyl (C=O) groups is 2. The molecule has 10 nitrogen and oxygen atoms in total. The average Bonchev–Trinajstić information content (AvgIpc) is 3.32. The number of hydrogen-bond acceptors (Lipinski definition) is 9. The Hall–Kier alpha value is -2.59. The molecule has 0 radical (unpaired) electrons. The number of ether oxygens (including phenoxy) is 2. The van der Waals surface area contributed by atoms with E-state index in [2.05, 4.69) is 86.8 Å². The molecule has 0 bridgehead atoms. The molecule has 0 spiro atoms. The molecule has 0 saturated carbocycles. The maximum atomic E-state index is 12.4. The first kappa shape index (κ1) is 64.4. The van der Waals surface area contributed by atoms with Gasteiger partial charge in [-0.25, -0.2) is 4.57 Å². The van der Waals surface area contributed by atoms with E-state index in [1.165, 1.54) is 116 Å². The Morgan fingerprint density at radius 1 is 0.418 bits per heavy atom. The summed E-state index contributed by atoms with van der Waals surface area (Å²) in [7, 11) is -4.65. The summed E-state index contributed by atoms with van der Waals surface area (Å²) in [6, 6.07) is 0. The molecule has 388 valence electrons. The smallest absolute Gasteiger partial charge is 0.457 e. The molecule has 3 N–H and O–H groups in total. The minimum atomic E-state index is -4.65. The van der Waals surface area contributed by atoms with E-state index in [0.717, 1.165) is 77.0 Å². The zero-order valence-electron chi connectivity index (χ0n) is 42.6. The Labute approximate surface area is 409 Å². The Morgan fingerprint density at radius 3 is 1.01 bits per heavy atom. The third kappa shape index (κ3) is 49.6. The van der Waals surface area contributed by atoms with Crippen LogP contribution in [-0.4, -0.2) is 65.7 Å². The summed E-state index contributed by atoms with van der Waals surface area (Å²) in [6.07, 6.45) is 61.6. The van der Waals surface area contributed by atoms with Crippen LogP contribution < -0.4 is 0 Å². The first-order valence-electron chi connectivity index (χ1n) is 26.9. The Bertz CT molecular complexity index is 1340. The highest BCUT2D eigenvalue weighted by molar-refractivity contribution is 7.47. The van der Waals surface area contributed by atoms with Gasteiger partial charge < -0.3 is 24.6 Å². The maximum absolute atomic E-state index is 12.4. The molecule has 67 heavy (non-hydrogen) atoms. The first-order chi connectivity index (χ1) is 32.8. The lowest BCUT2D eigenvalue weighted by molar-refractivity contribution is -0.153. The molecule has 11 heteroatoms. The van der Waals surface area contributed by atoms with Gasteiger partial charge in [-0.2, -0.15) is 0 Å². The molecular weight excluding hydrogens is 864 g/mol. The molecule has 0 fully saturated rings. The molecule has 0 saturated heterocycles. The highest BCUT2D eigenvalue weighted by atomic mass is 31.2. The van der Waals surface area contributed by atoms with Crippen LogP contribution >= 0.6 is 7.82 Å². The van der Waals surface area contributed by atoms with E-state index in [4.69, 9.17) is 18.5 Å². The third-order valence-electron chi connectivity index (χ3n) is 11.4. The summed E-state index contributed by atoms with van der Waals surface area (Å²) in [6.45, 7) is 2.10. The number of aliphatic hydroxyl groups is 2. The lowest BCUT2D eigenvalue weighted by Gasteiger charge is -2.20. The number of carbonyl (C=O) groups excluding carboxylic acids is 2. The Kier molecular flexibility index (Phi) is 49.3. The van der Waals surface area contributed by atoms with Crippen LogP contribution in [0, 0.1) is 0 Å². The Balaban J connectivity index is 3.84. The minimum absolute atomic E-state index is 0.180. The fourth-order valence-corrected chi connectivity index (χ4v) is 8.10. The van der Waals surface area contributed by atoms with Crippen molar-refractivity contribution in [1.29, 1.82) is 0 Å². The van der Waals surface area contributed by atoms with Crippen molar-refractivity contribution in [1.82, 2.24) is 0 Å². The van der Waals surface area contributed by atoms with Gasteiger partial charge in [0, 0.05) is 12.8 Å². The van der Waals surface area contributed by atoms with Crippen molar-refractivity contribution in [2.45, 2.75) is 244 Å². The van der Waals surface area contributed by atoms with E-state index >= 15 is 0 Å². The van der Waals surface area contributed by atoms with Crippen LogP contribution in [0.5, 0.6) is 0 Å². The van der Waals surface area contributed by atoms with E-state index in [1.54, 1.807) is 0 Å². The fraction of sp³-hybridized carbons (Fsp3) is 0.750. The monoisotopic (exact) mass is 963 g/mol. The van der Waals surface area contributed by atoms with Gasteiger partial charge in [0.15, 0.2) is 0 Å². The number of unbranched alkanes of at least 4 members (excludes halogenated alkanes) is 24. The van der Waals surface area contributed by atoms with Crippen LogP contribution in [0.3, 0.4) is 0 Å². The van der Waals surface area contributed by atoms with Crippen molar-refractivity contribution in [2.24, 2.45) is 0 Å². The molecule has 0 aromatic heterocycles. The number of aliphatic hydroxyl groups excluding tert-OH is 2. The largest absolute Gasteiger partial charge is 0.472 e. The van der Waals surface area contributed by atoms with Crippen molar-refractivity contribution in [3.63, 3.8) is 0 Å². The van der Waals surface area contributed by atoms with Crippen molar-refractivity contribution < 1.29 is 47.8 Å². The number of phosphoric ester groups is 1. The summed E-state index contributed by atoms with van der Waals surface area (Å²) in [5, 5.41) is 19.3. The van der Waals surface area contributed by atoms with Gasteiger partial charge in [0.2, 0.25) is 0 Å². The van der Waals surface area contributed by atoms with Gasteiger partial charge in [-0.3, -0.25) is 18.6 Å². The Morgan fingerprint density at radius 2 is 0.701 bits per heavy atom. The van der Waals surface area contributed by atoms with Crippen LogP contribution in [0.15, 0.2) is 72.9 Å². The van der Waals surface area contributed by atoms with Gasteiger partial charge >= 0.3 is 19.8 Å². The molecule has 0 rings (SSSR count). The normalized spacial score (nSPS) is 14.2. The van der Waals surface area contributed by atoms with Gasteiger partial charge in [0.05, 0.1) is 26.4 Å². The van der Waals surface area contributed by atoms with E-state index in [-0.39, 0.29) is 12.8 Å². The topological polar surface area (TPSA) is 149 Å². The second-order valence-corrected chi connectivity index (χ2v) is 19.3. The summed E-state index contributed by atoms with van der Waals surface area (Å²) < 4.78 is 32.8. The molecular formula is C56H99O10P. The molecule has 0 aliphatic rings. The molecule has 0 heterocycles.